The molecule has 30 heavy (non-hydrogen) atoms. The molecule has 0 radical (unpaired) electrons. The molecule has 0 fully saturated rings. The largest absolute Gasteiger partial charge is 0.334 e. The van der Waals surface area contributed by atoms with E-state index in [4.69, 9.17) is 0 Å². The molecule has 0 spiro atoms. The van der Waals surface area contributed by atoms with Crippen LogP contribution in [0.25, 0.3) is 5.57 Å². The molecule has 1 heterocycles. The summed E-state index contributed by atoms with van der Waals surface area (Å²) < 4.78 is 0. The average molecular weight is 413 g/mol. The molecule has 1 aromatic rings. The maximum Gasteiger partial charge on any atom is 0.272 e. The number of imidazole rings is 1. The first-order chi connectivity index (χ1) is 14.2. The van der Waals surface area contributed by atoms with E-state index in [2.05, 4.69) is 47.5 Å². The number of carbonyl (C=O) groups is 2. The van der Waals surface area contributed by atoms with Gasteiger partial charge in [0.15, 0.2) is 0 Å². The predicted octanol–water partition coefficient (Wildman–Crippen LogP) is 4.00. The molecule has 0 aromatic carbocycles. The number of nitrogens with zero attached hydrogens (tertiary/aromatic N) is 2. The zero-order valence-electron chi connectivity index (χ0n) is 19.3. The zero-order valence-corrected chi connectivity index (χ0v) is 19.3. The van der Waals surface area contributed by atoms with Crippen molar-refractivity contribution < 1.29 is 9.59 Å². The van der Waals surface area contributed by atoms with Gasteiger partial charge in [0.1, 0.15) is 17.8 Å². The number of allylic oxidation sites excluding steroid dienone is 4. The first kappa shape index (κ1) is 25.4. The van der Waals surface area contributed by atoms with Crippen molar-refractivity contribution in [2.45, 2.75) is 60.0 Å². The topological polar surface area (TPSA) is 78.1 Å². The normalized spacial score (nSPS) is 14.2. The number of carbonyl (C=O) groups excluding carboxylic acids is 2. The molecule has 0 aliphatic heterocycles. The minimum Gasteiger partial charge on any atom is -0.334 e. The van der Waals surface area contributed by atoms with Gasteiger partial charge in [-0.2, -0.15) is 0 Å². The van der Waals surface area contributed by atoms with E-state index in [9.17, 15) is 9.59 Å². The van der Waals surface area contributed by atoms with E-state index in [1.807, 2.05) is 33.9 Å². The van der Waals surface area contributed by atoms with Gasteiger partial charge in [0, 0.05) is 18.2 Å². The third-order valence-corrected chi connectivity index (χ3v) is 4.23. The minimum absolute atomic E-state index is 0.0650. The van der Waals surface area contributed by atoms with E-state index in [0.717, 1.165) is 17.8 Å². The number of H-pyrrole nitrogens is 1. The van der Waals surface area contributed by atoms with Crippen LogP contribution < -0.4 is 5.32 Å². The molecule has 164 valence electrons. The van der Waals surface area contributed by atoms with Gasteiger partial charge in [0.2, 0.25) is 0 Å². The summed E-state index contributed by atoms with van der Waals surface area (Å²) in [5, 5.41) is 3.12. The summed E-state index contributed by atoms with van der Waals surface area (Å²) >= 11 is 0. The molecule has 0 bridgehead atoms. The Labute approximate surface area is 180 Å². The number of hydrogen-bond acceptors (Lipinski definition) is 4. The third kappa shape index (κ3) is 8.38. The van der Waals surface area contributed by atoms with Gasteiger partial charge in [-0.1, -0.05) is 46.1 Å². The highest BCUT2D eigenvalue weighted by molar-refractivity contribution is 5.94. The lowest BCUT2D eigenvalue weighted by molar-refractivity contribution is -0.112. The Bertz CT molecular complexity index is 819. The number of aldehydes is 1. The van der Waals surface area contributed by atoms with Crippen molar-refractivity contribution in [1.29, 1.82) is 0 Å². The maximum atomic E-state index is 13.1. The quantitative estimate of drug-likeness (QED) is 0.475. The van der Waals surface area contributed by atoms with Crippen molar-refractivity contribution in [3.05, 3.63) is 47.4 Å². The van der Waals surface area contributed by atoms with Crippen LogP contribution in [0.4, 0.5) is 0 Å². The second-order valence-electron chi connectivity index (χ2n) is 8.58. The molecule has 1 aliphatic rings. The van der Waals surface area contributed by atoms with Crippen molar-refractivity contribution >= 4 is 17.8 Å². The van der Waals surface area contributed by atoms with Crippen LogP contribution in [0, 0.1) is 11.8 Å². The third-order valence-electron chi connectivity index (χ3n) is 4.23. The molecule has 2 atom stereocenters. The van der Waals surface area contributed by atoms with Gasteiger partial charge in [0.05, 0.1) is 12.2 Å². The van der Waals surface area contributed by atoms with Crippen LogP contribution >= 0.6 is 0 Å². The summed E-state index contributed by atoms with van der Waals surface area (Å²) in [7, 11) is 1.84. The van der Waals surface area contributed by atoms with E-state index < -0.39 is 6.04 Å². The van der Waals surface area contributed by atoms with Gasteiger partial charge >= 0.3 is 0 Å². The summed E-state index contributed by atoms with van der Waals surface area (Å²) in [6.45, 7) is 13.0. The lowest BCUT2D eigenvalue weighted by Crippen LogP contribution is -2.48. The van der Waals surface area contributed by atoms with Crippen LogP contribution in [-0.4, -0.2) is 52.7 Å². The van der Waals surface area contributed by atoms with E-state index in [1.54, 1.807) is 17.1 Å². The molecule has 2 N–H and O–H groups in total. The highest BCUT2D eigenvalue weighted by Crippen LogP contribution is 2.17. The van der Waals surface area contributed by atoms with E-state index in [1.165, 1.54) is 6.20 Å². The molecule has 1 aliphatic carbocycles. The molecule has 1 aromatic heterocycles. The Kier molecular flexibility index (Phi) is 10.8. The fourth-order valence-corrected chi connectivity index (χ4v) is 2.72. The van der Waals surface area contributed by atoms with Crippen molar-refractivity contribution in [2.75, 3.05) is 13.6 Å². The van der Waals surface area contributed by atoms with Crippen LogP contribution in [0.3, 0.4) is 0 Å². The summed E-state index contributed by atoms with van der Waals surface area (Å²) in [6.07, 6.45) is 8.34. The number of aromatic nitrogens is 2. The SMILES string of the molecule is CC(C)C.CNC(C)CN(C(=O)c1cnc(C2=CC=C=C=C2)[nH]1)C(C=O)CC(C)C. The summed E-state index contributed by atoms with van der Waals surface area (Å²) in [4.78, 5) is 33.7. The van der Waals surface area contributed by atoms with E-state index in [-0.39, 0.29) is 11.9 Å². The molecule has 2 rings (SSSR count). The number of nitrogens with one attached hydrogen (secondary N) is 2. The second kappa shape index (κ2) is 12.8. The van der Waals surface area contributed by atoms with Crippen molar-refractivity contribution in [3.63, 3.8) is 0 Å². The Hall–Kier alpha value is -2.65. The number of rotatable bonds is 9. The molecular formula is C24H36N4O2. The lowest BCUT2D eigenvalue weighted by atomic mass is 10.0. The maximum absolute atomic E-state index is 13.1. The first-order valence-corrected chi connectivity index (χ1v) is 10.6. The smallest absolute Gasteiger partial charge is 0.272 e. The van der Waals surface area contributed by atoms with Crippen LogP contribution in [0.2, 0.25) is 0 Å². The van der Waals surface area contributed by atoms with Crippen molar-refractivity contribution in [2.24, 2.45) is 11.8 Å². The number of amides is 1. The molecule has 0 saturated heterocycles. The molecule has 6 heteroatoms. The Balaban J connectivity index is 0.00000103. The molecule has 0 saturated carbocycles. The van der Waals surface area contributed by atoms with Crippen LogP contribution in [0.15, 0.2) is 35.9 Å². The van der Waals surface area contributed by atoms with Crippen molar-refractivity contribution in [1.82, 2.24) is 20.2 Å². The Morgan fingerprint density at radius 2 is 1.90 bits per heavy atom. The molecule has 2 unspecified atom stereocenters. The minimum atomic E-state index is -0.468. The fraction of sp³-hybridized carbons (Fsp3) is 0.542. The van der Waals surface area contributed by atoms with Crippen LogP contribution in [0.5, 0.6) is 0 Å². The average Bonchev–Trinajstić information content (AvgIpc) is 3.20. The van der Waals surface area contributed by atoms with Gasteiger partial charge in [-0.15, -0.1) is 0 Å². The van der Waals surface area contributed by atoms with Gasteiger partial charge < -0.3 is 20.0 Å². The molecular weight excluding hydrogens is 376 g/mol. The monoisotopic (exact) mass is 412 g/mol. The van der Waals surface area contributed by atoms with Crippen LogP contribution in [-0.2, 0) is 4.79 Å². The van der Waals surface area contributed by atoms with Gasteiger partial charge in [-0.3, -0.25) is 4.79 Å². The van der Waals surface area contributed by atoms with Crippen molar-refractivity contribution in [3.8, 4) is 0 Å². The number of aromatic amines is 1. The molecule has 6 nitrogen and oxygen atoms in total. The van der Waals surface area contributed by atoms with Gasteiger partial charge in [0.25, 0.3) is 5.91 Å². The zero-order chi connectivity index (χ0) is 22.7. The fourth-order valence-electron chi connectivity index (χ4n) is 2.72. The summed E-state index contributed by atoms with van der Waals surface area (Å²) in [6, 6.07) is -0.403. The number of hydrogen-bond donors (Lipinski definition) is 2. The lowest BCUT2D eigenvalue weighted by Gasteiger charge is -2.31. The highest BCUT2D eigenvalue weighted by Gasteiger charge is 2.27. The van der Waals surface area contributed by atoms with Gasteiger partial charge in [-0.25, -0.2) is 4.98 Å². The Morgan fingerprint density at radius 3 is 2.40 bits per heavy atom. The molecule has 1 amide bonds. The van der Waals surface area contributed by atoms with Crippen LogP contribution in [0.1, 0.15) is 64.3 Å². The Morgan fingerprint density at radius 1 is 1.23 bits per heavy atom. The van der Waals surface area contributed by atoms with E-state index in [0.29, 0.717) is 30.4 Å². The van der Waals surface area contributed by atoms with E-state index >= 15 is 0 Å². The van der Waals surface area contributed by atoms with Gasteiger partial charge in [-0.05, 0) is 50.5 Å². The second-order valence-corrected chi connectivity index (χ2v) is 8.58. The first-order valence-electron chi connectivity index (χ1n) is 10.6. The standard InChI is InChI=1S/C20H26N4O2.C4H10/c1-14(2)10-17(13-25)24(12-15(3)21-4)20(26)18-11-22-19(23-18)16-8-6-5-7-9-16;1-4(2)3/h6,8-9,11,13-15,17,21H,10,12H2,1-4H3,(H,22,23);4H,1-3H3. The summed E-state index contributed by atoms with van der Waals surface area (Å²) in [5.41, 5.74) is 6.89. The summed E-state index contributed by atoms with van der Waals surface area (Å²) in [5.74, 6) is 1.50. The predicted molar refractivity (Wildman–Crippen MR) is 122 cm³/mol. The number of likely N-dealkylation sites (N-methyl/N-ethyl adjacent to an activating group) is 1. The highest BCUT2D eigenvalue weighted by atomic mass is 16.2.